The first kappa shape index (κ1) is 15.0. The highest BCUT2D eigenvalue weighted by atomic mass is 16.2. The van der Waals surface area contributed by atoms with E-state index in [0.29, 0.717) is 13.1 Å². The fraction of sp³-hybridized carbons (Fsp3) is 0.294. The van der Waals surface area contributed by atoms with Crippen molar-refractivity contribution < 1.29 is 4.79 Å². The molecule has 1 aromatic heterocycles. The summed E-state index contributed by atoms with van der Waals surface area (Å²) < 4.78 is 0. The molecule has 4 heteroatoms. The van der Waals surface area contributed by atoms with Crippen molar-refractivity contribution in [3.05, 3.63) is 66.0 Å². The molecule has 4 nitrogen and oxygen atoms in total. The molecule has 0 unspecified atom stereocenters. The van der Waals surface area contributed by atoms with Crippen LogP contribution in [0.5, 0.6) is 0 Å². The molecule has 0 atom stereocenters. The SMILES string of the molecule is CC(C)N(Cc1ccccc1)C(=O)NCc1ccccn1. The first-order valence-electron chi connectivity index (χ1n) is 7.15. The van der Waals surface area contributed by atoms with Gasteiger partial charge >= 0.3 is 6.03 Å². The Labute approximate surface area is 125 Å². The number of rotatable bonds is 5. The fourth-order valence-electron chi connectivity index (χ4n) is 2.04. The predicted octanol–water partition coefficient (Wildman–Crippen LogP) is 3.20. The van der Waals surface area contributed by atoms with E-state index in [2.05, 4.69) is 10.3 Å². The lowest BCUT2D eigenvalue weighted by Crippen LogP contribution is -2.43. The van der Waals surface area contributed by atoms with Gasteiger partial charge in [0, 0.05) is 18.8 Å². The quantitative estimate of drug-likeness (QED) is 0.916. The Hall–Kier alpha value is -2.36. The zero-order chi connectivity index (χ0) is 15.1. The number of carbonyl (C=O) groups excluding carboxylic acids is 1. The summed E-state index contributed by atoms with van der Waals surface area (Å²) in [5, 5.41) is 2.93. The van der Waals surface area contributed by atoms with E-state index >= 15 is 0 Å². The van der Waals surface area contributed by atoms with E-state index in [0.717, 1.165) is 11.3 Å². The van der Waals surface area contributed by atoms with Crippen LogP contribution < -0.4 is 5.32 Å². The van der Waals surface area contributed by atoms with Gasteiger partial charge in [-0.15, -0.1) is 0 Å². The van der Waals surface area contributed by atoms with Crippen LogP contribution in [0.3, 0.4) is 0 Å². The van der Waals surface area contributed by atoms with E-state index in [1.54, 1.807) is 6.20 Å². The van der Waals surface area contributed by atoms with Crippen molar-refractivity contribution in [2.45, 2.75) is 33.0 Å². The van der Waals surface area contributed by atoms with Crippen LogP contribution in [0.4, 0.5) is 4.79 Å². The number of nitrogens with zero attached hydrogens (tertiary/aromatic N) is 2. The maximum atomic E-state index is 12.3. The molecular formula is C17H21N3O. The molecule has 0 aliphatic carbocycles. The van der Waals surface area contributed by atoms with E-state index in [1.165, 1.54) is 0 Å². The smallest absolute Gasteiger partial charge is 0.318 e. The predicted molar refractivity (Wildman–Crippen MR) is 83.6 cm³/mol. The number of hydrogen-bond donors (Lipinski definition) is 1. The Morgan fingerprint density at radius 3 is 2.48 bits per heavy atom. The van der Waals surface area contributed by atoms with Gasteiger partial charge in [0.25, 0.3) is 0 Å². The van der Waals surface area contributed by atoms with Gasteiger partial charge in [0.15, 0.2) is 0 Å². The number of urea groups is 1. The van der Waals surface area contributed by atoms with Crippen LogP contribution in [-0.2, 0) is 13.1 Å². The van der Waals surface area contributed by atoms with Crippen LogP contribution in [0, 0.1) is 0 Å². The Morgan fingerprint density at radius 1 is 1.14 bits per heavy atom. The molecule has 1 N–H and O–H groups in total. The molecular weight excluding hydrogens is 262 g/mol. The number of benzene rings is 1. The monoisotopic (exact) mass is 283 g/mol. The molecule has 0 radical (unpaired) electrons. The lowest BCUT2D eigenvalue weighted by Gasteiger charge is -2.27. The van der Waals surface area contributed by atoms with Gasteiger partial charge in [0.2, 0.25) is 0 Å². The number of nitrogens with one attached hydrogen (secondary N) is 1. The second kappa shape index (κ2) is 7.43. The van der Waals surface area contributed by atoms with Gasteiger partial charge < -0.3 is 10.2 Å². The number of pyridine rings is 1. The van der Waals surface area contributed by atoms with Crippen molar-refractivity contribution in [2.75, 3.05) is 0 Å². The highest BCUT2D eigenvalue weighted by Gasteiger charge is 2.16. The summed E-state index contributed by atoms with van der Waals surface area (Å²) in [7, 11) is 0. The molecule has 1 aromatic carbocycles. The summed E-state index contributed by atoms with van der Waals surface area (Å²) in [6, 6.07) is 15.7. The van der Waals surface area contributed by atoms with Gasteiger partial charge in [-0.2, -0.15) is 0 Å². The molecule has 21 heavy (non-hydrogen) atoms. The van der Waals surface area contributed by atoms with Gasteiger partial charge in [0.1, 0.15) is 0 Å². The lowest BCUT2D eigenvalue weighted by atomic mass is 10.2. The van der Waals surface area contributed by atoms with Gasteiger partial charge in [-0.1, -0.05) is 36.4 Å². The summed E-state index contributed by atoms with van der Waals surface area (Å²) in [5.41, 5.74) is 1.98. The van der Waals surface area contributed by atoms with Crippen LogP contribution in [0.15, 0.2) is 54.7 Å². The summed E-state index contributed by atoms with van der Waals surface area (Å²) in [6.45, 7) is 5.08. The standard InChI is InChI=1S/C17H21N3O/c1-14(2)20(13-15-8-4-3-5-9-15)17(21)19-12-16-10-6-7-11-18-16/h3-11,14H,12-13H2,1-2H3,(H,19,21). The van der Waals surface area contributed by atoms with Crippen LogP contribution in [0.25, 0.3) is 0 Å². The lowest BCUT2D eigenvalue weighted by molar-refractivity contribution is 0.179. The third-order valence-electron chi connectivity index (χ3n) is 3.23. The summed E-state index contributed by atoms with van der Waals surface area (Å²) >= 11 is 0. The number of carbonyl (C=O) groups is 1. The molecule has 1 heterocycles. The second-order valence-electron chi connectivity index (χ2n) is 5.19. The van der Waals surface area contributed by atoms with Gasteiger partial charge in [-0.25, -0.2) is 4.79 Å². The largest absolute Gasteiger partial charge is 0.332 e. The van der Waals surface area contributed by atoms with Gasteiger partial charge in [-0.05, 0) is 31.5 Å². The molecule has 0 aliphatic heterocycles. The zero-order valence-corrected chi connectivity index (χ0v) is 12.5. The van der Waals surface area contributed by atoms with Crippen LogP contribution in [0.1, 0.15) is 25.1 Å². The molecule has 110 valence electrons. The average molecular weight is 283 g/mol. The third kappa shape index (κ3) is 4.60. The fourth-order valence-corrected chi connectivity index (χ4v) is 2.04. The van der Waals surface area contributed by atoms with Gasteiger partial charge in [0.05, 0.1) is 12.2 Å². The zero-order valence-electron chi connectivity index (χ0n) is 12.5. The number of hydrogen-bond acceptors (Lipinski definition) is 2. The normalized spacial score (nSPS) is 10.4. The third-order valence-corrected chi connectivity index (χ3v) is 3.23. The van der Waals surface area contributed by atoms with Crippen LogP contribution >= 0.6 is 0 Å². The molecule has 0 fully saturated rings. The van der Waals surface area contributed by atoms with E-state index in [9.17, 15) is 4.79 Å². The van der Waals surface area contributed by atoms with E-state index < -0.39 is 0 Å². The van der Waals surface area contributed by atoms with Crippen molar-refractivity contribution in [3.8, 4) is 0 Å². The minimum absolute atomic E-state index is 0.0699. The Kier molecular flexibility index (Phi) is 5.32. The summed E-state index contributed by atoms with van der Waals surface area (Å²) in [5.74, 6) is 0. The van der Waals surface area contributed by atoms with Crippen molar-refractivity contribution in [3.63, 3.8) is 0 Å². The van der Waals surface area contributed by atoms with Crippen molar-refractivity contribution in [1.82, 2.24) is 15.2 Å². The first-order chi connectivity index (χ1) is 10.2. The second-order valence-corrected chi connectivity index (χ2v) is 5.19. The van der Waals surface area contributed by atoms with E-state index in [4.69, 9.17) is 0 Å². The first-order valence-corrected chi connectivity index (χ1v) is 7.15. The van der Waals surface area contributed by atoms with E-state index in [1.807, 2.05) is 67.3 Å². The summed E-state index contributed by atoms with van der Waals surface area (Å²) in [4.78, 5) is 18.4. The molecule has 2 amide bonds. The molecule has 0 saturated heterocycles. The maximum Gasteiger partial charge on any atom is 0.318 e. The molecule has 0 spiro atoms. The highest BCUT2D eigenvalue weighted by molar-refractivity contribution is 5.74. The molecule has 0 saturated carbocycles. The van der Waals surface area contributed by atoms with Crippen molar-refractivity contribution in [1.29, 1.82) is 0 Å². The van der Waals surface area contributed by atoms with Crippen molar-refractivity contribution >= 4 is 6.03 Å². The van der Waals surface area contributed by atoms with E-state index in [-0.39, 0.29) is 12.1 Å². The molecule has 2 rings (SSSR count). The van der Waals surface area contributed by atoms with Crippen molar-refractivity contribution in [2.24, 2.45) is 0 Å². The molecule has 0 bridgehead atoms. The Morgan fingerprint density at radius 2 is 1.86 bits per heavy atom. The Balaban J connectivity index is 1.96. The minimum Gasteiger partial charge on any atom is -0.332 e. The number of aromatic nitrogens is 1. The topological polar surface area (TPSA) is 45.2 Å². The van der Waals surface area contributed by atoms with Crippen LogP contribution in [-0.4, -0.2) is 22.0 Å². The minimum atomic E-state index is -0.0699. The van der Waals surface area contributed by atoms with Crippen LogP contribution in [0.2, 0.25) is 0 Å². The summed E-state index contributed by atoms with van der Waals surface area (Å²) in [6.07, 6.45) is 1.73. The highest BCUT2D eigenvalue weighted by Crippen LogP contribution is 2.08. The average Bonchev–Trinajstić information content (AvgIpc) is 2.52. The van der Waals surface area contributed by atoms with Gasteiger partial charge in [-0.3, -0.25) is 4.98 Å². The number of amides is 2. The maximum absolute atomic E-state index is 12.3. The molecule has 2 aromatic rings. The molecule has 0 aliphatic rings. The Bertz CT molecular complexity index is 555.